The van der Waals surface area contributed by atoms with Crippen LogP contribution in [0.1, 0.15) is 36.8 Å². The van der Waals surface area contributed by atoms with Crippen LogP contribution >= 0.6 is 0 Å². The average molecular weight is 274 g/mol. The number of nitrogens with one attached hydrogen (secondary N) is 1. The molecule has 4 nitrogen and oxygen atoms in total. The number of benzene rings is 1. The molecule has 1 aliphatic carbocycles. The molecule has 1 aromatic rings. The summed E-state index contributed by atoms with van der Waals surface area (Å²) < 4.78 is 5.29. The molecule has 0 radical (unpaired) electrons. The molecular weight excluding hydrogens is 254 g/mol. The van der Waals surface area contributed by atoms with Crippen molar-refractivity contribution in [2.75, 3.05) is 13.7 Å². The van der Waals surface area contributed by atoms with Crippen molar-refractivity contribution in [3.8, 4) is 11.5 Å². The molecule has 4 heteroatoms. The van der Waals surface area contributed by atoms with Gasteiger partial charge in [0.15, 0.2) is 11.5 Å². The van der Waals surface area contributed by atoms with E-state index in [1.54, 1.807) is 7.11 Å². The third-order valence-electron chi connectivity index (χ3n) is 5.69. The summed E-state index contributed by atoms with van der Waals surface area (Å²) in [5, 5.41) is 10.0. The lowest BCUT2D eigenvalue weighted by Crippen LogP contribution is -3.14. The second kappa shape index (κ2) is 3.98. The second-order valence-corrected chi connectivity index (χ2v) is 6.47. The first-order valence-corrected chi connectivity index (χ1v) is 7.41. The van der Waals surface area contributed by atoms with Crippen molar-refractivity contribution in [1.29, 1.82) is 0 Å². The monoisotopic (exact) mass is 274 g/mol. The molecule has 1 saturated carbocycles. The van der Waals surface area contributed by atoms with E-state index in [1.807, 2.05) is 12.1 Å². The number of quaternary nitrogens is 1. The minimum Gasteiger partial charge on any atom is -0.504 e. The zero-order valence-corrected chi connectivity index (χ0v) is 11.7. The zero-order chi connectivity index (χ0) is 13.9. The molecular formula is C16H20NO3+. The maximum atomic E-state index is 11.8. The van der Waals surface area contributed by atoms with Crippen LogP contribution in [-0.2, 0) is 16.8 Å². The Labute approximate surface area is 118 Å². The molecule has 1 unspecified atom stereocenters. The van der Waals surface area contributed by atoms with Crippen molar-refractivity contribution in [2.24, 2.45) is 0 Å². The van der Waals surface area contributed by atoms with Crippen LogP contribution < -0.4 is 9.64 Å². The SMILES string of the molecule is COc1cc2c(cc1O)C[NH+]1CC[C@@]23CCC(=O)C[C@H]13. The van der Waals surface area contributed by atoms with Gasteiger partial charge < -0.3 is 14.7 Å². The molecule has 1 aromatic carbocycles. The molecule has 0 spiro atoms. The lowest BCUT2D eigenvalue weighted by atomic mass is 9.63. The van der Waals surface area contributed by atoms with Crippen molar-refractivity contribution < 1.29 is 19.5 Å². The molecule has 2 bridgehead atoms. The topological polar surface area (TPSA) is 51.0 Å². The lowest BCUT2D eigenvalue weighted by Gasteiger charge is -2.43. The molecule has 2 fully saturated rings. The highest BCUT2D eigenvalue weighted by atomic mass is 16.5. The number of phenols is 1. The summed E-state index contributed by atoms with van der Waals surface area (Å²) in [5.74, 6) is 1.20. The molecule has 3 aliphatic rings. The maximum absolute atomic E-state index is 11.8. The summed E-state index contributed by atoms with van der Waals surface area (Å²) in [7, 11) is 1.59. The number of rotatable bonds is 1. The van der Waals surface area contributed by atoms with Gasteiger partial charge in [0.25, 0.3) is 0 Å². The highest BCUT2D eigenvalue weighted by molar-refractivity contribution is 5.80. The number of phenolic OH excluding ortho intramolecular Hbond substituents is 1. The van der Waals surface area contributed by atoms with E-state index in [0.717, 1.165) is 32.4 Å². The maximum Gasteiger partial charge on any atom is 0.160 e. The van der Waals surface area contributed by atoms with Crippen molar-refractivity contribution >= 4 is 5.78 Å². The number of fused-ring (bicyclic) bond motifs is 1. The molecule has 0 aromatic heterocycles. The fourth-order valence-corrected chi connectivity index (χ4v) is 4.75. The molecule has 0 amide bonds. The van der Waals surface area contributed by atoms with Crippen LogP contribution in [0.5, 0.6) is 11.5 Å². The van der Waals surface area contributed by atoms with E-state index in [0.29, 0.717) is 24.0 Å². The van der Waals surface area contributed by atoms with Crippen LogP contribution in [0.15, 0.2) is 12.1 Å². The van der Waals surface area contributed by atoms with Crippen molar-refractivity contribution in [3.63, 3.8) is 0 Å². The summed E-state index contributed by atoms with van der Waals surface area (Å²) in [6.07, 6.45) is 3.53. The zero-order valence-electron chi connectivity index (χ0n) is 11.7. The Kier molecular flexibility index (Phi) is 2.43. The van der Waals surface area contributed by atoms with Gasteiger partial charge in [0.2, 0.25) is 0 Å². The summed E-state index contributed by atoms with van der Waals surface area (Å²) in [6, 6.07) is 4.33. The van der Waals surface area contributed by atoms with E-state index in [1.165, 1.54) is 16.0 Å². The van der Waals surface area contributed by atoms with Gasteiger partial charge in [-0.1, -0.05) is 0 Å². The molecule has 2 aliphatic heterocycles. The molecule has 4 rings (SSSR count). The van der Waals surface area contributed by atoms with Crippen LogP contribution in [0.2, 0.25) is 0 Å². The quantitative estimate of drug-likeness (QED) is 0.787. The normalized spacial score (nSPS) is 34.5. The van der Waals surface area contributed by atoms with Crippen LogP contribution in [0, 0.1) is 0 Å². The number of methoxy groups -OCH3 is 1. The van der Waals surface area contributed by atoms with Gasteiger partial charge >= 0.3 is 0 Å². The number of carbonyl (C=O) groups is 1. The number of aromatic hydroxyl groups is 1. The molecule has 2 N–H and O–H groups in total. The van der Waals surface area contributed by atoms with Gasteiger partial charge in [0, 0.05) is 18.4 Å². The smallest absolute Gasteiger partial charge is 0.160 e. The number of carbonyl (C=O) groups excluding carboxylic acids is 1. The van der Waals surface area contributed by atoms with Gasteiger partial charge in [-0.3, -0.25) is 4.79 Å². The van der Waals surface area contributed by atoms with E-state index in [-0.39, 0.29) is 11.2 Å². The Balaban J connectivity index is 1.89. The van der Waals surface area contributed by atoms with Crippen LogP contribution in [0.25, 0.3) is 0 Å². The van der Waals surface area contributed by atoms with E-state index < -0.39 is 0 Å². The molecule has 1 saturated heterocycles. The van der Waals surface area contributed by atoms with Gasteiger partial charge in [-0.05, 0) is 24.1 Å². The van der Waals surface area contributed by atoms with E-state index in [2.05, 4.69) is 0 Å². The Hall–Kier alpha value is -1.55. The molecule has 106 valence electrons. The Morgan fingerprint density at radius 2 is 2.25 bits per heavy atom. The average Bonchev–Trinajstić information content (AvgIpc) is 2.71. The summed E-state index contributed by atoms with van der Waals surface area (Å²) >= 11 is 0. The Morgan fingerprint density at radius 3 is 3.05 bits per heavy atom. The highest BCUT2D eigenvalue weighted by Gasteiger charge is 2.58. The van der Waals surface area contributed by atoms with Gasteiger partial charge in [0.05, 0.1) is 25.5 Å². The molecule has 2 heterocycles. The fraction of sp³-hybridized carbons (Fsp3) is 0.562. The van der Waals surface area contributed by atoms with E-state index in [4.69, 9.17) is 4.74 Å². The van der Waals surface area contributed by atoms with Crippen LogP contribution in [0.4, 0.5) is 0 Å². The summed E-state index contributed by atoms with van der Waals surface area (Å²) in [5.41, 5.74) is 2.70. The largest absolute Gasteiger partial charge is 0.504 e. The van der Waals surface area contributed by atoms with Gasteiger partial charge in [-0.15, -0.1) is 0 Å². The van der Waals surface area contributed by atoms with E-state index in [9.17, 15) is 9.90 Å². The standard InChI is InChI=1S/C16H19NO3/c1-20-14-8-12-10(6-13(14)19)9-17-5-4-16(12)3-2-11(18)7-15(16)17/h6,8,15,19H,2-5,7,9H2,1H3/p+1/t15-,16-/m0/s1. The third-order valence-corrected chi connectivity index (χ3v) is 5.69. The Bertz CT molecular complexity index is 598. The minimum absolute atomic E-state index is 0.137. The fourth-order valence-electron chi connectivity index (χ4n) is 4.75. The molecule has 3 atom stereocenters. The third kappa shape index (κ3) is 1.43. The van der Waals surface area contributed by atoms with Gasteiger partial charge in [0.1, 0.15) is 18.4 Å². The Morgan fingerprint density at radius 1 is 1.40 bits per heavy atom. The number of ketones is 1. The van der Waals surface area contributed by atoms with Crippen molar-refractivity contribution in [2.45, 2.75) is 43.7 Å². The minimum atomic E-state index is 0.137. The van der Waals surface area contributed by atoms with Crippen molar-refractivity contribution in [3.05, 3.63) is 23.3 Å². The van der Waals surface area contributed by atoms with Gasteiger partial charge in [-0.2, -0.15) is 0 Å². The number of ether oxygens (including phenoxy) is 1. The lowest BCUT2D eigenvalue weighted by molar-refractivity contribution is -0.930. The first-order chi connectivity index (χ1) is 9.64. The predicted molar refractivity (Wildman–Crippen MR) is 73.1 cm³/mol. The van der Waals surface area contributed by atoms with E-state index >= 15 is 0 Å². The second-order valence-electron chi connectivity index (χ2n) is 6.47. The predicted octanol–water partition coefficient (Wildman–Crippen LogP) is 0.562. The highest BCUT2D eigenvalue weighted by Crippen LogP contribution is 2.48. The van der Waals surface area contributed by atoms with Crippen LogP contribution in [-0.4, -0.2) is 30.6 Å². The number of Topliss-reactive ketones (excluding diaryl/α,β-unsaturated/α-hetero) is 1. The first kappa shape index (κ1) is 12.2. The first-order valence-electron chi connectivity index (χ1n) is 7.41. The number of hydrogen-bond donors (Lipinski definition) is 2. The molecule has 20 heavy (non-hydrogen) atoms. The van der Waals surface area contributed by atoms with Crippen molar-refractivity contribution in [1.82, 2.24) is 0 Å². The summed E-state index contributed by atoms with van der Waals surface area (Å²) in [6.45, 7) is 2.06. The summed E-state index contributed by atoms with van der Waals surface area (Å²) in [4.78, 5) is 13.4. The van der Waals surface area contributed by atoms with Crippen LogP contribution in [0.3, 0.4) is 0 Å². The number of hydrogen-bond acceptors (Lipinski definition) is 3. The van der Waals surface area contributed by atoms with Gasteiger partial charge in [-0.25, -0.2) is 0 Å².